The van der Waals surface area contributed by atoms with Crippen LogP contribution in [-0.2, 0) is 27.2 Å². The standard InChI is InChI=1S/C20H22O8S2/c1-20(2,3)19-11-15-10-16(27-29(21,22)23)8-6-13(15)4-5-14-7-9-17(12-18(14)19)28-30(24,25)26/h4-10,12,19H,11H2,1-3H3,(H,21,22,23)(H,24,25,26)/p-2/b5-4-. The second kappa shape index (κ2) is 7.69. The Kier molecular flexibility index (Phi) is 5.72. The van der Waals surface area contributed by atoms with Gasteiger partial charge in [0.1, 0.15) is 11.5 Å². The van der Waals surface area contributed by atoms with Gasteiger partial charge in [0.05, 0.1) is 0 Å². The number of hydrogen-bond donors (Lipinski definition) is 0. The van der Waals surface area contributed by atoms with Crippen molar-refractivity contribution in [3.63, 3.8) is 0 Å². The monoisotopic (exact) mass is 452 g/mol. The van der Waals surface area contributed by atoms with Crippen LogP contribution in [0.2, 0.25) is 0 Å². The predicted octanol–water partition coefficient (Wildman–Crippen LogP) is 3.22. The van der Waals surface area contributed by atoms with Crippen molar-refractivity contribution in [1.29, 1.82) is 0 Å². The average Bonchev–Trinajstić information content (AvgIpc) is 2.54. The SMILES string of the molecule is CC(C)(C)C1Cc2cc(OS(=O)(=O)[O-])ccc2/C=C\c2ccc(OS(=O)(=O)[O-])cc21. The smallest absolute Gasteiger partial charge is 0.262 e. The Morgan fingerprint density at radius 1 is 0.833 bits per heavy atom. The highest BCUT2D eigenvalue weighted by molar-refractivity contribution is 7.81. The van der Waals surface area contributed by atoms with Crippen LogP contribution in [0.25, 0.3) is 12.2 Å². The molecule has 0 spiro atoms. The van der Waals surface area contributed by atoms with Crippen LogP contribution in [-0.4, -0.2) is 25.9 Å². The van der Waals surface area contributed by atoms with Crippen molar-refractivity contribution in [1.82, 2.24) is 0 Å². The molecular formula is C20H20O8S2-2. The molecule has 0 N–H and O–H groups in total. The minimum absolute atomic E-state index is 0.0817. The summed E-state index contributed by atoms with van der Waals surface area (Å²) in [6.45, 7) is 6.02. The molecule has 30 heavy (non-hydrogen) atoms. The molecule has 3 rings (SSSR count). The summed E-state index contributed by atoms with van der Waals surface area (Å²) >= 11 is 0. The van der Waals surface area contributed by atoms with Crippen molar-refractivity contribution in [2.45, 2.75) is 33.1 Å². The van der Waals surface area contributed by atoms with Crippen molar-refractivity contribution >= 4 is 33.0 Å². The summed E-state index contributed by atoms with van der Waals surface area (Å²) < 4.78 is 74.9. The van der Waals surface area contributed by atoms with Crippen LogP contribution in [0.15, 0.2) is 36.4 Å². The van der Waals surface area contributed by atoms with Crippen molar-refractivity contribution in [2.24, 2.45) is 5.41 Å². The molecule has 0 saturated heterocycles. The predicted molar refractivity (Wildman–Crippen MR) is 108 cm³/mol. The van der Waals surface area contributed by atoms with E-state index < -0.39 is 20.8 Å². The fraction of sp³-hybridized carbons (Fsp3) is 0.300. The van der Waals surface area contributed by atoms with Gasteiger partial charge in [-0.1, -0.05) is 45.1 Å². The van der Waals surface area contributed by atoms with Crippen molar-refractivity contribution in [3.8, 4) is 11.5 Å². The van der Waals surface area contributed by atoms with Gasteiger partial charge in [0.2, 0.25) is 0 Å². The van der Waals surface area contributed by atoms with Crippen LogP contribution in [0.1, 0.15) is 48.9 Å². The molecule has 1 aliphatic carbocycles. The molecule has 0 amide bonds. The summed E-state index contributed by atoms with van der Waals surface area (Å²) in [7, 11) is -9.82. The molecule has 0 heterocycles. The maximum absolute atomic E-state index is 11.0. The number of rotatable bonds is 4. The van der Waals surface area contributed by atoms with Crippen LogP contribution in [0.4, 0.5) is 0 Å². The van der Waals surface area contributed by atoms with E-state index in [1.807, 2.05) is 32.9 Å². The number of benzene rings is 2. The van der Waals surface area contributed by atoms with Gasteiger partial charge in [-0.25, -0.2) is 16.8 Å². The molecule has 0 aromatic heterocycles. The number of hydrogen-bond acceptors (Lipinski definition) is 8. The zero-order chi connectivity index (χ0) is 22.3. The molecule has 1 aliphatic rings. The van der Waals surface area contributed by atoms with Gasteiger partial charge in [0.25, 0.3) is 20.8 Å². The first-order valence-electron chi connectivity index (χ1n) is 8.97. The first kappa shape index (κ1) is 22.3. The van der Waals surface area contributed by atoms with E-state index in [2.05, 4.69) is 8.37 Å². The zero-order valence-corrected chi connectivity index (χ0v) is 18.1. The molecule has 2 aromatic carbocycles. The lowest BCUT2D eigenvalue weighted by molar-refractivity contribution is 0.316. The highest BCUT2D eigenvalue weighted by Crippen LogP contribution is 2.43. The van der Waals surface area contributed by atoms with Gasteiger partial charge in [0.15, 0.2) is 0 Å². The minimum atomic E-state index is -4.92. The Bertz CT molecular complexity index is 1210. The van der Waals surface area contributed by atoms with Crippen LogP contribution in [0, 0.1) is 5.41 Å². The van der Waals surface area contributed by atoms with Gasteiger partial charge in [0, 0.05) is 0 Å². The fourth-order valence-electron chi connectivity index (χ4n) is 3.55. The van der Waals surface area contributed by atoms with Crippen molar-refractivity contribution < 1.29 is 34.3 Å². The third-order valence-electron chi connectivity index (χ3n) is 4.86. The van der Waals surface area contributed by atoms with E-state index in [-0.39, 0.29) is 22.8 Å². The lowest BCUT2D eigenvalue weighted by Gasteiger charge is -2.34. The van der Waals surface area contributed by atoms with E-state index in [9.17, 15) is 25.9 Å². The summed E-state index contributed by atoms with van der Waals surface area (Å²) in [4.78, 5) is 0. The largest absolute Gasteiger partial charge is 0.716 e. The summed E-state index contributed by atoms with van der Waals surface area (Å²) in [5, 5.41) is 0. The molecule has 0 saturated carbocycles. The molecule has 1 unspecified atom stereocenters. The Morgan fingerprint density at radius 2 is 1.33 bits per heavy atom. The Hall–Kier alpha value is -2.40. The van der Waals surface area contributed by atoms with E-state index in [4.69, 9.17) is 0 Å². The highest BCUT2D eigenvalue weighted by atomic mass is 32.3. The van der Waals surface area contributed by atoms with Crippen LogP contribution < -0.4 is 8.37 Å². The highest BCUT2D eigenvalue weighted by Gasteiger charge is 2.30. The quantitative estimate of drug-likeness (QED) is 0.510. The normalized spacial score (nSPS) is 17.8. The van der Waals surface area contributed by atoms with Gasteiger partial charge < -0.3 is 17.5 Å². The summed E-state index contributed by atoms with van der Waals surface area (Å²) in [6.07, 6.45) is 4.11. The number of fused-ring (bicyclic) bond motifs is 2. The second-order valence-electron chi connectivity index (χ2n) is 8.09. The Labute approximate surface area is 176 Å². The Balaban J connectivity index is 2.13. The first-order chi connectivity index (χ1) is 13.7. The van der Waals surface area contributed by atoms with E-state index in [0.29, 0.717) is 6.42 Å². The van der Waals surface area contributed by atoms with Gasteiger partial charge >= 0.3 is 0 Å². The molecule has 1 atom stereocenters. The molecule has 8 nitrogen and oxygen atoms in total. The van der Waals surface area contributed by atoms with Gasteiger partial charge in [-0.05, 0) is 64.3 Å². The second-order valence-corrected chi connectivity index (χ2v) is 10.1. The van der Waals surface area contributed by atoms with Gasteiger partial charge in [-0.2, -0.15) is 0 Å². The topological polar surface area (TPSA) is 133 Å². The third kappa shape index (κ3) is 5.60. The summed E-state index contributed by atoms with van der Waals surface area (Å²) in [6, 6.07) is 9.19. The minimum Gasteiger partial charge on any atom is -0.716 e. The average molecular weight is 453 g/mol. The summed E-state index contributed by atoms with van der Waals surface area (Å²) in [5.41, 5.74) is 2.88. The maximum Gasteiger partial charge on any atom is 0.262 e. The van der Waals surface area contributed by atoms with E-state index >= 15 is 0 Å². The van der Waals surface area contributed by atoms with Crippen LogP contribution in [0.5, 0.6) is 11.5 Å². The molecule has 0 radical (unpaired) electrons. The lowest BCUT2D eigenvalue weighted by Crippen LogP contribution is -2.23. The van der Waals surface area contributed by atoms with Crippen LogP contribution in [0.3, 0.4) is 0 Å². The molecule has 2 aromatic rings. The van der Waals surface area contributed by atoms with E-state index in [1.54, 1.807) is 12.1 Å². The Morgan fingerprint density at radius 3 is 1.87 bits per heavy atom. The fourth-order valence-corrected chi connectivity index (χ4v) is 4.23. The molecular weight excluding hydrogens is 432 g/mol. The summed E-state index contributed by atoms with van der Waals surface area (Å²) in [5.74, 6) is -0.324. The lowest BCUT2D eigenvalue weighted by atomic mass is 9.71. The van der Waals surface area contributed by atoms with Crippen LogP contribution >= 0.6 is 0 Å². The molecule has 162 valence electrons. The van der Waals surface area contributed by atoms with Crippen molar-refractivity contribution in [2.75, 3.05) is 0 Å². The maximum atomic E-state index is 11.0. The van der Waals surface area contributed by atoms with E-state index in [1.165, 1.54) is 24.3 Å². The van der Waals surface area contributed by atoms with Gasteiger partial charge in [-0.3, -0.25) is 0 Å². The molecule has 0 aliphatic heterocycles. The molecule has 10 heteroatoms. The third-order valence-corrected chi connectivity index (χ3v) is 5.65. The first-order valence-corrected chi connectivity index (χ1v) is 11.6. The molecule has 0 bridgehead atoms. The zero-order valence-electron chi connectivity index (χ0n) is 16.5. The van der Waals surface area contributed by atoms with Crippen molar-refractivity contribution in [3.05, 3.63) is 58.7 Å². The molecule has 0 fully saturated rings. The van der Waals surface area contributed by atoms with Gasteiger partial charge in [-0.15, -0.1) is 0 Å². The van der Waals surface area contributed by atoms with E-state index in [0.717, 1.165) is 22.3 Å².